The van der Waals surface area contributed by atoms with E-state index in [1.165, 1.54) is 11.3 Å². The molecule has 0 saturated carbocycles. The highest BCUT2D eigenvalue weighted by Crippen LogP contribution is 2.32. The first-order valence-corrected chi connectivity index (χ1v) is 6.57. The monoisotopic (exact) mass is 311 g/mol. The van der Waals surface area contributed by atoms with Crippen LogP contribution < -0.4 is 0 Å². The van der Waals surface area contributed by atoms with E-state index in [0.29, 0.717) is 4.88 Å². The average molecular weight is 312 g/mol. The molecule has 17 heavy (non-hydrogen) atoms. The molecule has 1 aromatic carbocycles. The summed E-state index contributed by atoms with van der Waals surface area (Å²) in [6.45, 7) is 3.80. The zero-order chi connectivity index (χ0) is 12.6. The number of halogens is 1. The van der Waals surface area contributed by atoms with Gasteiger partial charge in [-0.2, -0.15) is 0 Å². The average Bonchev–Trinajstić information content (AvgIpc) is 2.64. The van der Waals surface area contributed by atoms with E-state index in [4.69, 9.17) is 5.11 Å². The molecule has 88 valence electrons. The SMILES string of the molecule is Cc1nc(C(=O)O)c(-c2ccc(C)c(Br)c2)s1. The molecule has 0 spiro atoms. The second-order valence-electron chi connectivity index (χ2n) is 3.68. The Balaban J connectivity index is 2.59. The fourth-order valence-electron chi connectivity index (χ4n) is 1.50. The molecule has 0 aliphatic heterocycles. The minimum Gasteiger partial charge on any atom is -0.476 e. The number of carboxylic acid groups (broad SMARTS) is 1. The molecule has 2 rings (SSSR count). The number of aryl methyl sites for hydroxylation is 2. The number of aromatic nitrogens is 1. The number of rotatable bonds is 2. The molecular formula is C12H10BrNO2S. The zero-order valence-electron chi connectivity index (χ0n) is 9.32. The van der Waals surface area contributed by atoms with Gasteiger partial charge in [-0.25, -0.2) is 9.78 Å². The molecule has 0 unspecified atom stereocenters. The highest BCUT2D eigenvalue weighted by molar-refractivity contribution is 9.10. The Bertz CT molecular complexity index is 592. The maximum Gasteiger partial charge on any atom is 0.356 e. The first-order chi connectivity index (χ1) is 7.99. The molecule has 1 aromatic heterocycles. The fraction of sp³-hybridized carbons (Fsp3) is 0.167. The molecule has 2 aromatic rings. The third kappa shape index (κ3) is 2.40. The van der Waals surface area contributed by atoms with Crippen molar-refractivity contribution < 1.29 is 9.90 Å². The van der Waals surface area contributed by atoms with Crippen LogP contribution >= 0.6 is 27.3 Å². The van der Waals surface area contributed by atoms with Crippen molar-refractivity contribution in [2.75, 3.05) is 0 Å². The Morgan fingerprint density at radius 1 is 1.41 bits per heavy atom. The molecule has 3 nitrogen and oxygen atoms in total. The van der Waals surface area contributed by atoms with Crippen molar-refractivity contribution in [3.05, 3.63) is 38.9 Å². The topological polar surface area (TPSA) is 50.2 Å². The molecule has 5 heteroatoms. The number of aromatic carboxylic acids is 1. The van der Waals surface area contributed by atoms with E-state index < -0.39 is 5.97 Å². The van der Waals surface area contributed by atoms with Crippen molar-refractivity contribution in [2.24, 2.45) is 0 Å². The van der Waals surface area contributed by atoms with E-state index >= 15 is 0 Å². The summed E-state index contributed by atoms with van der Waals surface area (Å²) in [7, 11) is 0. The van der Waals surface area contributed by atoms with E-state index in [-0.39, 0.29) is 5.69 Å². The van der Waals surface area contributed by atoms with Crippen molar-refractivity contribution >= 4 is 33.2 Å². The van der Waals surface area contributed by atoms with E-state index in [0.717, 1.165) is 20.6 Å². The highest BCUT2D eigenvalue weighted by atomic mass is 79.9. The van der Waals surface area contributed by atoms with E-state index in [9.17, 15) is 4.79 Å². The Hall–Kier alpha value is -1.20. The van der Waals surface area contributed by atoms with Crippen LogP contribution in [-0.2, 0) is 0 Å². The van der Waals surface area contributed by atoms with Gasteiger partial charge in [0.15, 0.2) is 5.69 Å². The normalized spacial score (nSPS) is 10.5. The highest BCUT2D eigenvalue weighted by Gasteiger charge is 2.17. The number of carbonyl (C=O) groups is 1. The van der Waals surface area contributed by atoms with Crippen molar-refractivity contribution in [3.63, 3.8) is 0 Å². The summed E-state index contributed by atoms with van der Waals surface area (Å²) in [5, 5.41) is 9.86. The third-order valence-corrected chi connectivity index (χ3v) is 4.24. The van der Waals surface area contributed by atoms with Crippen LogP contribution in [0.15, 0.2) is 22.7 Å². The smallest absolute Gasteiger partial charge is 0.356 e. The number of hydrogen-bond donors (Lipinski definition) is 1. The molecule has 1 N–H and O–H groups in total. The van der Waals surface area contributed by atoms with Crippen LogP contribution in [0, 0.1) is 13.8 Å². The van der Waals surface area contributed by atoms with Gasteiger partial charge in [0.2, 0.25) is 0 Å². The Morgan fingerprint density at radius 3 is 2.71 bits per heavy atom. The van der Waals surface area contributed by atoms with Crippen molar-refractivity contribution in [1.29, 1.82) is 0 Å². The minimum absolute atomic E-state index is 0.128. The van der Waals surface area contributed by atoms with Gasteiger partial charge in [0.05, 0.1) is 9.88 Å². The predicted octanol–water partition coefficient (Wildman–Crippen LogP) is 3.89. The van der Waals surface area contributed by atoms with Crippen molar-refractivity contribution in [3.8, 4) is 10.4 Å². The van der Waals surface area contributed by atoms with Gasteiger partial charge >= 0.3 is 5.97 Å². The number of nitrogens with zero attached hydrogens (tertiary/aromatic N) is 1. The summed E-state index contributed by atoms with van der Waals surface area (Å²) >= 11 is 4.85. The van der Waals surface area contributed by atoms with Crippen LogP contribution in [0.5, 0.6) is 0 Å². The molecule has 0 amide bonds. The van der Waals surface area contributed by atoms with Crippen LogP contribution in [0.2, 0.25) is 0 Å². The maximum absolute atomic E-state index is 11.1. The third-order valence-electron chi connectivity index (χ3n) is 2.37. The molecule has 0 saturated heterocycles. The van der Waals surface area contributed by atoms with Crippen LogP contribution in [0.3, 0.4) is 0 Å². The van der Waals surface area contributed by atoms with Gasteiger partial charge in [-0.15, -0.1) is 11.3 Å². The summed E-state index contributed by atoms with van der Waals surface area (Å²) in [6.07, 6.45) is 0. The van der Waals surface area contributed by atoms with Crippen molar-refractivity contribution in [1.82, 2.24) is 4.98 Å². The Morgan fingerprint density at radius 2 is 2.12 bits per heavy atom. The van der Waals surface area contributed by atoms with Crippen molar-refractivity contribution in [2.45, 2.75) is 13.8 Å². The van der Waals surface area contributed by atoms with Gasteiger partial charge in [-0.05, 0) is 31.0 Å². The first-order valence-electron chi connectivity index (χ1n) is 4.96. The fourth-order valence-corrected chi connectivity index (χ4v) is 2.79. The van der Waals surface area contributed by atoms with Gasteiger partial charge in [-0.1, -0.05) is 28.1 Å². The van der Waals surface area contributed by atoms with E-state index in [1.54, 1.807) is 0 Å². The number of carboxylic acids is 1. The lowest BCUT2D eigenvalue weighted by Crippen LogP contribution is -1.98. The lowest BCUT2D eigenvalue weighted by atomic mass is 10.1. The van der Waals surface area contributed by atoms with Gasteiger partial charge in [0, 0.05) is 4.47 Å². The summed E-state index contributed by atoms with van der Waals surface area (Å²) in [6, 6.07) is 5.80. The molecular weight excluding hydrogens is 302 g/mol. The standard InChI is InChI=1S/C12H10BrNO2S/c1-6-3-4-8(5-9(6)13)11-10(12(15)16)14-7(2)17-11/h3-5H,1-2H3,(H,15,16). The zero-order valence-corrected chi connectivity index (χ0v) is 11.7. The molecule has 0 aliphatic rings. The largest absolute Gasteiger partial charge is 0.476 e. The Kier molecular flexibility index (Phi) is 3.31. The number of thiazole rings is 1. The first kappa shape index (κ1) is 12.3. The Labute approximate surface area is 111 Å². The van der Waals surface area contributed by atoms with E-state index in [2.05, 4.69) is 20.9 Å². The quantitative estimate of drug-likeness (QED) is 0.915. The molecule has 0 atom stereocenters. The minimum atomic E-state index is -0.985. The maximum atomic E-state index is 11.1. The second kappa shape index (κ2) is 4.58. The summed E-state index contributed by atoms with van der Waals surface area (Å²) in [4.78, 5) is 15.8. The van der Waals surface area contributed by atoms with Crippen LogP contribution in [0.25, 0.3) is 10.4 Å². The number of benzene rings is 1. The number of hydrogen-bond acceptors (Lipinski definition) is 3. The molecule has 1 heterocycles. The summed E-state index contributed by atoms with van der Waals surface area (Å²) in [5.41, 5.74) is 2.13. The van der Waals surface area contributed by atoms with Gasteiger partial charge in [-0.3, -0.25) is 0 Å². The lowest BCUT2D eigenvalue weighted by Gasteiger charge is -2.02. The molecule has 0 fully saturated rings. The van der Waals surface area contributed by atoms with Crippen LogP contribution in [-0.4, -0.2) is 16.1 Å². The second-order valence-corrected chi connectivity index (χ2v) is 5.74. The molecule has 0 aliphatic carbocycles. The lowest BCUT2D eigenvalue weighted by molar-refractivity contribution is 0.0692. The summed E-state index contributed by atoms with van der Waals surface area (Å²) < 4.78 is 0.970. The van der Waals surface area contributed by atoms with Gasteiger partial charge < -0.3 is 5.11 Å². The van der Waals surface area contributed by atoms with E-state index in [1.807, 2.05) is 32.0 Å². The van der Waals surface area contributed by atoms with Crippen LogP contribution in [0.4, 0.5) is 0 Å². The summed E-state index contributed by atoms with van der Waals surface area (Å²) in [5.74, 6) is -0.985. The molecule has 0 radical (unpaired) electrons. The van der Waals surface area contributed by atoms with Crippen LogP contribution in [0.1, 0.15) is 21.1 Å². The molecule has 0 bridgehead atoms. The van der Waals surface area contributed by atoms with Gasteiger partial charge in [0.25, 0.3) is 0 Å². The predicted molar refractivity (Wildman–Crippen MR) is 71.7 cm³/mol. The van der Waals surface area contributed by atoms with Gasteiger partial charge in [0.1, 0.15) is 0 Å².